The topological polar surface area (TPSA) is 64.6 Å². The Hall–Kier alpha value is -1.60. The van der Waals surface area contributed by atoms with Crippen LogP contribution in [0, 0.1) is 0 Å². The van der Waals surface area contributed by atoms with Gasteiger partial charge in [0.25, 0.3) is 0 Å². The first-order valence-corrected chi connectivity index (χ1v) is 8.84. The number of halogens is 1. The lowest BCUT2D eigenvalue weighted by atomic mass is 10.2. The molecule has 124 valence electrons. The normalized spacial score (nSPS) is 11.4. The zero-order valence-electron chi connectivity index (χ0n) is 12.7. The second-order valence-corrected chi connectivity index (χ2v) is 6.90. The highest BCUT2D eigenvalue weighted by Crippen LogP contribution is 2.18. The van der Waals surface area contributed by atoms with E-state index >= 15 is 0 Å². The molecule has 0 heterocycles. The summed E-state index contributed by atoms with van der Waals surface area (Å²) in [4.78, 5) is 0.170. The molecule has 0 aliphatic heterocycles. The molecule has 2 aromatic carbocycles. The lowest BCUT2D eigenvalue weighted by molar-refractivity contribution is 0.146. The van der Waals surface area contributed by atoms with Gasteiger partial charge in [-0.25, -0.2) is 13.1 Å². The van der Waals surface area contributed by atoms with Crippen LogP contribution in [0.15, 0.2) is 53.4 Å². The van der Waals surface area contributed by atoms with Crippen molar-refractivity contribution in [2.75, 3.05) is 20.3 Å². The largest absolute Gasteiger partial charge is 0.491 e. The number of hydrogen-bond donors (Lipinski definition) is 1. The van der Waals surface area contributed by atoms with Gasteiger partial charge >= 0.3 is 0 Å². The van der Waals surface area contributed by atoms with E-state index in [4.69, 9.17) is 21.1 Å². The van der Waals surface area contributed by atoms with Crippen LogP contribution in [0.4, 0.5) is 0 Å². The smallest absolute Gasteiger partial charge is 0.240 e. The van der Waals surface area contributed by atoms with Crippen LogP contribution in [0.1, 0.15) is 5.56 Å². The van der Waals surface area contributed by atoms with Gasteiger partial charge in [-0.05, 0) is 35.9 Å². The van der Waals surface area contributed by atoms with Crippen molar-refractivity contribution < 1.29 is 17.9 Å². The molecule has 0 aromatic heterocycles. The van der Waals surface area contributed by atoms with Crippen LogP contribution in [0.5, 0.6) is 5.75 Å². The summed E-state index contributed by atoms with van der Waals surface area (Å²) in [5, 5.41) is 0.525. The Morgan fingerprint density at radius 2 is 1.74 bits per heavy atom. The molecular weight excluding hydrogens is 338 g/mol. The van der Waals surface area contributed by atoms with Gasteiger partial charge in [0.15, 0.2) is 0 Å². The van der Waals surface area contributed by atoms with Crippen LogP contribution >= 0.6 is 11.6 Å². The van der Waals surface area contributed by atoms with Crippen molar-refractivity contribution >= 4 is 21.6 Å². The van der Waals surface area contributed by atoms with Crippen molar-refractivity contribution in [3.8, 4) is 5.75 Å². The Kier molecular flexibility index (Phi) is 6.41. The van der Waals surface area contributed by atoms with Crippen LogP contribution in [0.2, 0.25) is 5.02 Å². The predicted molar refractivity (Wildman–Crippen MR) is 89.3 cm³/mol. The first-order valence-electron chi connectivity index (χ1n) is 6.98. The fraction of sp³-hybridized carbons (Fsp3) is 0.250. The second kappa shape index (κ2) is 8.31. The third-order valence-electron chi connectivity index (χ3n) is 3.10. The zero-order chi connectivity index (χ0) is 16.7. The molecule has 5 nitrogen and oxygen atoms in total. The molecule has 0 spiro atoms. The van der Waals surface area contributed by atoms with Crippen molar-refractivity contribution in [2.24, 2.45) is 0 Å². The summed E-state index contributed by atoms with van der Waals surface area (Å²) in [5.74, 6) is 0.590. The van der Waals surface area contributed by atoms with Crippen LogP contribution in [-0.2, 0) is 21.3 Å². The highest BCUT2D eigenvalue weighted by Gasteiger charge is 2.14. The maximum Gasteiger partial charge on any atom is 0.240 e. The minimum absolute atomic E-state index is 0.133. The van der Waals surface area contributed by atoms with Crippen LogP contribution in [0.3, 0.4) is 0 Å². The number of hydrogen-bond acceptors (Lipinski definition) is 4. The third-order valence-corrected chi connectivity index (χ3v) is 4.89. The van der Waals surface area contributed by atoms with Crippen LogP contribution in [0.25, 0.3) is 0 Å². The predicted octanol–water partition coefficient (Wildman–Crippen LogP) is 2.84. The Balaban J connectivity index is 2.00. The van der Waals surface area contributed by atoms with Crippen molar-refractivity contribution in [2.45, 2.75) is 11.4 Å². The summed E-state index contributed by atoms with van der Waals surface area (Å²) in [6.07, 6.45) is 0. The first kappa shape index (κ1) is 17.7. The van der Waals surface area contributed by atoms with E-state index in [-0.39, 0.29) is 11.4 Å². The number of sulfonamides is 1. The molecule has 2 aromatic rings. The van der Waals surface area contributed by atoms with Crippen LogP contribution in [-0.4, -0.2) is 28.7 Å². The van der Waals surface area contributed by atoms with Gasteiger partial charge in [-0.2, -0.15) is 0 Å². The average molecular weight is 356 g/mol. The van der Waals surface area contributed by atoms with E-state index in [1.165, 1.54) is 12.1 Å². The Labute approximate surface area is 141 Å². The lowest BCUT2D eigenvalue weighted by Gasteiger charge is -2.09. The van der Waals surface area contributed by atoms with Gasteiger partial charge in [0.2, 0.25) is 10.0 Å². The molecule has 0 atom stereocenters. The highest BCUT2D eigenvalue weighted by atomic mass is 35.5. The molecule has 0 saturated carbocycles. The lowest BCUT2D eigenvalue weighted by Crippen LogP contribution is -2.23. The van der Waals surface area contributed by atoms with Crippen molar-refractivity contribution in [3.05, 3.63) is 59.1 Å². The monoisotopic (exact) mass is 355 g/mol. The Bertz CT molecular complexity index is 732. The summed E-state index contributed by atoms with van der Waals surface area (Å²) >= 11 is 6.02. The maximum atomic E-state index is 12.3. The van der Waals surface area contributed by atoms with Crippen molar-refractivity contribution in [3.63, 3.8) is 0 Å². The molecule has 0 aliphatic carbocycles. The van der Waals surface area contributed by atoms with Gasteiger partial charge < -0.3 is 9.47 Å². The molecule has 0 amide bonds. The second-order valence-electron chi connectivity index (χ2n) is 4.73. The number of ether oxygens (including phenoxy) is 2. The average Bonchev–Trinajstić information content (AvgIpc) is 2.55. The number of benzene rings is 2. The summed E-state index contributed by atoms with van der Waals surface area (Å²) in [6, 6.07) is 13.3. The molecule has 0 bridgehead atoms. The molecule has 23 heavy (non-hydrogen) atoms. The van der Waals surface area contributed by atoms with Crippen molar-refractivity contribution in [1.82, 2.24) is 4.72 Å². The maximum absolute atomic E-state index is 12.3. The van der Waals surface area contributed by atoms with Gasteiger partial charge in [-0.15, -0.1) is 0 Å². The molecule has 0 saturated heterocycles. The minimum Gasteiger partial charge on any atom is -0.491 e. The van der Waals surface area contributed by atoms with E-state index in [2.05, 4.69) is 4.72 Å². The number of nitrogens with one attached hydrogen (secondary N) is 1. The van der Waals surface area contributed by atoms with E-state index < -0.39 is 10.0 Å². The zero-order valence-corrected chi connectivity index (χ0v) is 14.2. The van der Waals surface area contributed by atoms with Gasteiger partial charge in [0, 0.05) is 18.7 Å². The summed E-state index contributed by atoms with van der Waals surface area (Å²) < 4.78 is 37.4. The fourth-order valence-electron chi connectivity index (χ4n) is 1.86. The van der Waals surface area contributed by atoms with Gasteiger partial charge in [-0.1, -0.05) is 29.8 Å². The molecule has 7 heteroatoms. The van der Waals surface area contributed by atoms with E-state index in [9.17, 15) is 8.42 Å². The third kappa shape index (κ3) is 5.21. The van der Waals surface area contributed by atoms with Gasteiger partial charge in [-0.3, -0.25) is 0 Å². The van der Waals surface area contributed by atoms with Crippen LogP contribution < -0.4 is 9.46 Å². The molecule has 0 radical (unpaired) electrons. The SMILES string of the molecule is COCCOc1ccc(S(=O)(=O)NCc2ccccc2Cl)cc1. The highest BCUT2D eigenvalue weighted by molar-refractivity contribution is 7.89. The standard InChI is InChI=1S/C16H18ClNO4S/c1-21-10-11-22-14-6-8-15(9-7-14)23(19,20)18-12-13-4-2-3-5-16(13)17/h2-9,18H,10-12H2,1H3. The fourth-order valence-corrected chi connectivity index (χ4v) is 3.06. The van der Waals surface area contributed by atoms with E-state index in [0.717, 1.165) is 5.56 Å². The van der Waals surface area contributed by atoms with E-state index in [0.29, 0.717) is 24.0 Å². The molecule has 1 N–H and O–H groups in total. The van der Waals surface area contributed by atoms with Gasteiger partial charge in [0.05, 0.1) is 11.5 Å². The van der Waals surface area contributed by atoms with E-state index in [1.807, 2.05) is 6.07 Å². The molecular formula is C16H18ClNO4S. The van der Waals surface area contributed by atoms with Gasteiger partial charge in [0.1, 0.15) is 12.4 Å². The summed E-state index contributed by atoms with van der Waals surface area (Å²) in [7, 11) is -2.02. The molecule has 2 rings (SSSR count). The molecule has 0 fully saturated rings. The number of methoxy groups -OCH3 is 1. The first-order chi connectivity index (χ1) is 11.0. The Morgan fingerprint density at radius 1 is 1.04 bits per heavy atom. The van der Waals surface area contributed by atoms with E-state index in [1.54, 1.807) is 37.4 Å². The minimum atomic E-state index is -3.61. The Morgan fingerprint density at radius 3 is 2.39 bits per heavy atom. The number of rotatable bonds is 8. The summed E-state index contributed by atoms with van der Waals surface area (Å²) in [5.41, 5.74) is 0.720. The molecule has 0 aliphatic rings. The molecule has 0 unspecified atom stereocenters. The quantitative estimate of drug-likeness (QED) is 0.739. The summed E-state index contributed by atoms with van der Waals surface area (Å²) in [6.45, 7) is 1.01. The van der Waals surface area contributed by atoms with Crippen molar-refractivity contribution in [1.29, 1.82) is 0 Å².